The molecule has 0 spiro atoms. The fourth-order valence-electron chi connectivity index (χ4n) is 6.21. The second kappa shape index (κ2) is 40.6. The smallest absolute Gasteiger partial charge is 0.224 e. The maximum atomic E-state index is 13.2. The zero-order valence-electron chi connectivity index (χ0n) is 34.5. The van der Waals surface area contributed by atoms with Gasteiger partial charge in [-0.15, -0.1) is 0 Å². The summed E-state index contributed by atoms with van der Waals surface area (Å²) in [5.74, 6) is 0.275. The highest BCUT2D eigenvalue weighted by Gasteiger charge is 2.13. The van der Waals surface area contributed by atoms with Crippen LogP contribution in [0.1, 0.15) is 194 Å². The largest absolute Gasteiger partial charge is 0.356 e. The first kappa shape index (κ1) is 48.9. The van der Waals surface area contributed by atoms with Crippen LogP contribution in [0, 0.1) is 0 Å². The lowest BCUT2D eigenvalue weighted by molar-refractivity contribution is -0.131. The van der Waals surface area contributed by atoms with Crippen molar-refractivity contribution in [3.63, 3.8) is 0 Å². The van der Waals surface area contributed by atoms with Gasteiger partial charge in [0.25, 0.3) is 0 Å². The van der Waals surface area contributed by atoms with E-state index in [4.69, 9.17) is 0 Å². The van der Waals surface area contributed by atoms with Gasteiger partial charge < -0.3 is 15.1 Å². The van der Waals surface area contributed by atoms with Gasteiger partial charge >= 0.3 is 0 Å². The van der Waals surface area contributed by atoms with Gasteiger partial charge in [-0.25, -0.2) is 0 Å². The number of amides is 2. The van der Waals surface area contributed by atoms with Crippen LogP contribution in [0.2, 0.25) is 0 Å². The molecule has 0 saturated carbocycles. The Bertz CT molecular complexity index is 828. The van der Waals surface area contributed by atoms with Crippen LogP contribution >= 0.6 is 0 Å². The van der Waals surface area contributed by atoms with E-state index in [1.807, 2.05) is 0 Å². The molecule has 1 N–H and O–H groups in total. The van der Waals surface area contributed by atoms with Crippen LogP contribution < -0.4 is 5.32 Å². The molecule has 5 heteroatoms. The van der Waals surface area contributed by atoms with Crippen LogP contribution in [0.4, 0.5) is 0 Å². The van der Waals surface area contributed by atoms with Crippen LogP contribution in [0.3, 0.4) is 0 Å². The molecule has 0 fully saturated rings. The van der Waals surface area contributed by atoms with Crippen molar-refractivity contribution in [1.29, 1.82) is 0 Å². The summed E-state index contributed by atoms with van der Waals surface area (Å²) in [6.45, 7) is 7.68. The molecule has 0 rings (SSSR count). The van der Waals surface area contributed by atoms with Gasteiger partial charge in [0, 0.05) is 32.5 Å². The minimum Gasteiger partial charge on any atom is -0.356 e. The van der Waals surface area contributed by atoms with E-state index in [2.05, 4.69) is 91.7 Å². The Labute approximate surface area is 318 Å². The molecule has 51 heavy (non-hydrogen) atoms. The summed E-state index contributed by atoms with van der Waals surface area (Å²) >= 11 is 0. The van der Waals surface area contributed by atoms with E-state index in [9.17, 15) is 9.59 Å². The molecule has 0 bridgehead atoms. The summed E-state index contributed by atoms with van der Waals surface area (Å²) in [6, 6.07) is 0. The molecular weight excluding hydrogens is 627 g/mol. The predicted molar refractivity (Wildman–Crippen MR) is 225 cm³/mol. The third kappa shape index (κ3) is 38.9. The minimum atomic E-state index is 0.0726. The SMILES string of the molecule is CCCCC/C=C\C/C=C\CCCCCCCCN(CCCCCCCC/C=C\C/C=C\CCCCC)C(=O)CCNC(=O)CCCCN(C)C. The highest BCUT2D eigenvalue weighted by atomic mass is 16.2. The molecule has 0 aromatic rings. The Balaban J connectivity index is 4.26. The topological polar surface area (TPSA) is 52.7 Å². The average molecular weight is 712 g/mol. The van der Waals surface area contributed by atoms with Crippen molar-refractivity contribution in [2.45, 2.75) is 194 Å². The molecule has 0 aromatic carbocycles. The molecule has 296 valence electrons. The van der Waals surface area contributed by atoms with E-state index >= 15 is 0 Å². The fraction of sp³-hybridized carbons (Fsp3) is 0.783. The maximum absolute atomic E-state index is 13.2. The molecule has 0 unspecified atom stereocenters. The van der Waals surface area contributed by atoms with Gasteiger partial charge in [0.1, 0.15) is 0 Å². The number of hydrogen-bond acceptors (Lipinski definition) is 3. The summed E-state index contributed by atoms with van der Waals surface area (Å²) in [7, 11) is 4.12. The molecule has 0 aliphatic heterocycles. The quantitative estimate of drug-likeness (QED) is 0.0512. The van der Waals surface area contributed by atoms with Crippen molar-refractivity contribution in [3.8, 4) is 0 Å². The Kier molecular flexibility index (Phi) is 38.9. The molecule has 0 aromatic heterocycles. The third-order valence-electron chi connectivity index (χ3n) is 9.53. The monoisotopic (exact) mass is 712 g/mol. The maximum Gasteiger partial charge on any atom is 0.224 e. The van der Waals surface area contributed by atoms with E-state index in [0.717, 1.165) is 58.2 Å². The van der Waals surface area contributed by atoms with E-state index in [0.29, 0.717) is 19.4 Å². The Morgan fingerprint density at radius 1 is 0.451 bits per heavy atom. The second-order valence-electron chi connectivity index (χ2n) is 14.9. The highest BCUT2D eigenvalue weighted by molar-refractivity contribution is 5.79. The van der Waals surface area contributed by atoms with Crippen LogP contribution in [0.5, 0.6) is 0 Å². The van der Waals surface area contributed by atoms with Crippen molar-refractivity contribution < 1.29 is 9.59 Å². The molecule has 0 aliphatic rings. The zero-order chi connectivity index (χ0) is 37.3. The van der Waals surface area contributed by atoms with Crippen LogP contribution in [0.25, 0.3) is 0 Å². The van der Waals surface area contributed by atoms with Crippen LogP contribution in [-0.2, 0) is 9.59 Å². The van der Waals surface area contributed by atoms with E-state index in [-0.39, 0.29) is 11.8 Å². The minimum absolute atomic E-state index is 0.0726. The number of allylic oxidation sites excluding steroid dienone is 8. The van der Waals surface area contributed by atoms with Crippen LogP contribution in [-0.4, -0.2) is 61.9 Å². The van der Waals surface area contributed by atoms with E-state index < -0.39 is 0 Å². The second-order valence-corrected chi connectivity index (χ2v) is 14.9. The summed E-state index contributed by atoms with van der Waals surface area (Å²) in [5.41, 5.74) is 0. The number of carbonyl (C=O) groups excluding carboxylic acids is 2. The highest BCUT2D eigenvalue weighted by Crippen LogP contribution is 2.12. The number of rotatable bonds is 38. The number of nitrogens with zero attached hydrogens (tertiary/aromatic N) is 2. The normalized spacial score (nSPS) is 12.1. The van der Waals surface area contributed by atoms with Gasteiger partial charge in [-0.3, -0.25) is 9.59 Å². The lowest BCUT2D eigenvalue weighted by Crippen LogP contribution is -2.36. The number of nitrogens with one attached hydrogen (secondary N) is 1. The molecule has 0 atom stereocenters. The third-order valence-corrected chi connectivity index (χ3v) is 9.53. The summed E-state index contributed by atoms with van der Waals surface area (Å²) in [5, 5.41) is 2.99. The first-order valence-electron chi connectivity index (χ1n) is 21.8. The zero-order valence-corrected chi connectivity index (χ0v) is 34.5. The molecule has 0 aliphatic carbocycles. The van der Waals surface area contributed by atoms with Crippen molar-refractivity contribution in [1.82, 2.24) is 15.1 Å². The van der Waals surface area contributed by atoms with Crippen LogP contribution in [0.15, 0.2) is 48.6 Å². The number of unbranched alkanes of at least 4 members (excludes halogenated alkanes) is 19. The molecule has 2 amide bonds. The molecule has 0 radical (unpaired) electrons. The van der Waals surface area contributed by atoms with Gasteiger partial charge in [-0.2, -0.15) is 0 Å². The first-order chi connectivity index (χ1) is 25.0. The van der Waals surface area contributed by atoms with Crippen molar-refractivity contribution >= 4 is 11.8 Å². The van der Waals surface area contributed by atoms with Crippen molar-refractivity contribution in [3.05, 3.63) is 48.6 Å². The first-order valence-corrected chi connectivity index (χ1v) is 21.8. The fourth-order valence-corrected chi connectivity index (χ4v) is 6.21. The van der Waals surface area contributed by atoms with Gasteiger partial charge in [0.15, 0.2) is 0 Å². The lowest BCUT2D eigenvalue weighted by atomic mass is 10.1. The number of hydrogen-bond donors (Lipinski definition) is 1. The number of carbonyl (C=O) groups is 2. The standard InChI is InChI=1S/C46H85N3O2/c1-5-7-9-11-13-15-17-19-21-23-25-27-29-31-33-36-43-49(46(51)40-41-47-45(50)39-35-38-42-48(3)4)44-37-34-32-30-28-26-24-22-20-18-16-14-12-10-8-6-2/h13-16,19-22H,5-12,17-18,23-44H2,1-4H3,(H,47,50)/b15-13-,16-14-,21-19-,22-20-. The molecule has 0 saturated heterocycles. The van der Waals surface area contributed by atoms with Gasteiger partial charge in [0.05, 0.1) is 0 Å². The lowest BCUT2D eigenvalue weighted by Gasteiger charge is -2.23. The van der Waals surface area contributed by atoms with Crippen molar-refractivity contribution in [2.75, 3.05) is 40.3 Å². The summed E-state index contributed by atoms with van der Waals surface area (Å²) in [6.07, 6.45) is 51.1. The van der Waals surface area contributed by atoms with Gasteiger partial charge in [-0.05, 0) is 111 Å². The predicted octanol–water partition coefficient (Wildman–Crippen LogP) is 12.7. The van der Waals surface area contributed by atoms with E-state index in [1.54, 1.807) is 0 Å². The van der Waals surface area contributed by atoms with Crippen molar-refractivity contribution in [2.24, 2.45) is 0 Å². The summed E-state index contributed by atoms with van der Waals surface area (Å²) in [4.78, 5) is 29.7. The Morgan fingerprint density at radius 2 is 0.843 bits per heavy atom. The van der Waals surface area contributed by atoms with Gasteiger partial charge in [-0.1, -0.05) is 140 Å². The molecular formula is C46H85N3O2. The van der Waals surface area contributed by atoms with Gasteiger partial charge in [0.2, 0.25) is 11.8 Å². The summed E-state index contributed by atoms with van der Waals surface area (Å²) < 4.78 is 0. The molecule has 0 heterocycles. The molecule has 5 nitrogen and oxygen atoms in total. The Hall–Kier alpha value is -2.14. The average Bonchev–Trinajstić information content (AvgIpc) is 3.12. The van der Waals surface area contributed by atoms with E-state index in [1.165, 1.54) is 128 Å². The Morgan fingerprint density at radius 3 is 1.27 bits per heavy atom.